The molecule has 5 heteroatoms. The molecule has 1 amide bonds. The zero-order valence-electron chi connectivity index (χ0n) is 13.9. The first-order chi connectivity index (χ1) is 11.5. The Morgan fingerprint density at radius 3 is 2.46 bits per heavy atom. The van der Waals surface area contributed by atoms with Gasteiger partial charge in [-0.2, -0.15) is 0 Å². The minimum absolute atomic E-state index is 0.332. The SMILES string of the molecule is CC[C@@H](C)c1ccccc1NC(=O)COC(=O)c1ccc(N)cc1. The Balaban J connectivity index is 1.94. The number of hydrogen-bond acceptors (Lipinski definition) is 4. The van der Waals surface area contributed by atoms with Crippen molar-refractivity contribution in [3.05, 3.63) is 59.7 Å². The van der Waals surface area contributed by atoms with E-state index in [0.29, 0.717) is 17.2 Å². The summed E-state index contributed by atoms with van der Waals surface area (Å²) in [6.45, 7) is 3.86. The number of nitrogens with two attached hydrogens (primary N) is 1. The number of benzene rings is 2. The molecule has 0 aromatic heterocycles. The fourth-order valence-electron chi connectivity index (χ4n) is 2.28. The average molecular weight is 326 g/mol. The van der Waals surface area contributed by atoms with Crippen molar-refractivity contribution in [2.24, 2.45) is 0 Å². The summed E-state index contributed by atoms with van der Waals surface area (Å²) in [4.78, 5) is 23.9. The van der Waals surface area contributed by atoms with Crippen LogP contribution in [0.1, 0.15) is 42.1 Å². The summed E-state index contributed by atoms with van der Waals surface area (Å²) in [5.41, 5.74) is 8.31. The van der Waals surface area contributed by atoms with Crippen molar-refractivity contribution in [1.29, 1.82) is 0 Å². The van der Waals surface area contributed by atoms with Crippen LogP contribution in [0.5, 0.6) is 0 Å². The first-order valence-electron chi connectivity index (χ1n) is 7.92. The van der Waals surface area contributed by atoms with E-state index in [-0.39, 0.29) is 12.5 Å². The summed E-state index contributed by atoms with van der Waals surface area (Å²) in [7, 11) is 0. The van der Waals surface area contributed by atoms with Crippen LogP contribution in [-0.2, 0) is 9.53 Å². The third-order valence-electron chi connectivity index (χ3n) is 3.86. The number of nitrogens with one attached hydrogen (secondary N) is 1. The van der Waals surface area contributed by atoms with Crippen molar-refractivity contribution < 1.29 is 14.3 Å². The van der Waals surface area contributed by atoms with Gasteiger partial charge in [0.1, 0.15) is 0 Å². The molecule has 0 aliphatic carbocycles. The van der Waals surface area contributed by atoms with E-state index in [1.807, 2.05) is 24.3 Å². The molecule has 24 heavy (non-hydrogen) atoms. The molecule has 5 nitrogen and oxygen atoms in total. The number of hydrogen-bond donors (Lipinski definition) is 2. The van der Waals surface area contributed by atoms with Crippen LogP contribution in [-0.4, -0.2) is 18.5 Å². The van der Waals surface area contributed by atoms with E-state index in [0.717, 1.165) is 17.7 Å². The summed E-state index contributed by atoms with van der Waals surface area (Å²) in [5, 5.41) is 2.81. The number of anilines is 2. The molecular weight excluding hydrogens is 304 g/mol. The Morgan fingerprint density at radius 2 is 1.79 bits per heavy atom. The lowest BCUT2D eigenvalue weighted by atomic mass is 9.97. The maximum Gasteiger partial charge on any atom is 0.338 e. The van der Waals surface area contributed by atoms with Crippen LogP contribution < -0.4 is 11.1 Å². The summed E-state index contributed by atoms with van der Waals surface area (Å²) in [6, 6.07) is 14.0. The van der Waals surface area contributed by atoms with E-state index < -0.39 is 5.97 Å². The minimum atomic E-state index is -0.555. The van der Waals surface area contributed by atoms with Gasteiger partial charge in [-0.25, -0.2) is 4.79 Å². The molecule has 0 fully saturated rings. The molecule has 1 atom stereocenters. The van der Waals surface area contributed by atoms with Crippen molar-refractivity contribution >= 4 is 23.3 Å². The molecule has 0 saturated carbocycles. The lowest BCUT2D eigenvalue weighted by Gasteiger charge is -2.15. The van der Waals surface area contributed by atoms with Crippen molar-refractivity contribution in [1.82, 2.24) is 0 Å². The molecule has 0 spiro atoms. The monoisotopic (exact) mass is 326 g/mol. The highest BCUT2D eigenvalue weighted by atomic mass is 16.5. The molecule has 126 valence electrons. The Bertz CT molecular complexity index is 711. The Labute approximate surface area is 141 Å². The van der Waals surface area contributed by atoms with Gasteiger partial charge in [-0.05, 0) is 48.2 Å². The maximum absolute atomic E-state index is 12.1. The highest BCUT2D eigenvalue weighted by molar-refractivity contribution is 5.96. The molecule has 2 aromatic carbocycles. The zero-order valence-corrected chi connectivity index (χ0v) is 13.9. The van der Waals surface area contributed by atoms with Gasteiger partial charge in [0.15, 0.2) is 6.61 Å². The van der Waals surface area contributed by atoms with Crippen molar-refractivity contribution in [2.75, 3.05) is 17.7 Å². The lowest BCUT2D eigenvalue weighted by Crippen LogP contribution is -2.21. The largest absolute Gasteiger partial charge is 0.452 e. The molecule has 0 aliphatic rings. The Hall–Kier alpha value is -2.82. The molecule has 0 bridgehead atoms. The molecule has 0 saturated heterocycles. The van der Waals surface area contributed by atoms with E-state index in [1.165, 1.54) is 0 Å². The van der Waals surface area contributed by atoms with E-state index in [2.05, 4.69) is 19.2 Å². The minimum Gasteiger partial charge on any atom is -0.452 e. The van der Waals surface area contributed by atoms with Crippen LogP contribution in [0.25, 0.3) is 0 Å². The number of amides is 1. The second kappa shape index (κ2) is 8.15. The third-order valence-corrected chi connectivity index (χ3v) is 3.86. The van der Waals surface area contributed by atoms with Crippen LogP contribution in [0.3, 0.4) is 0 Å². The number of carbonyl (C=O) groups is 2. The van der Waals surface area contributed by atoms with Gasteiger partial charge in [0.25, 0.3) is 5.91 Å². The maximum atomic E-state index is 12.1. The van der Waals surface area contributed by atoms with Crippen molar-refractivity contribution in [3.8, 4) is 0 Å². The first kappa shape index (κ1) is 17.5. The number of carbonyl (C=O) groups excluding carboxylic acids is 2. The van der Waals surface area contributed by atoms with Gasteiger partial charge in [0, 0.05) is 11.4 Å². The number of ether oxygens (including phenoxy) is 1. The van der Waals surface area contributed by atoms with Crippen LogP contribution in [0, 0.1) is 0 Å². The van der Waals surface area contributed by atoms with Gasteiger partial charge in [0.2, 0.25) is 0 Å². The van der Waals surface area contributed by atoms with E-state index in [1.54, 1.807) is 24.3 Å². The quantitative estimate of drug-likeness (QED) is 0.628. The smallest absolute Gasteiger partial charge is 0.338 e. The highest BCUT2D eigenvalue weighted by Crippen LogP contribution is 2.26. The Kier molecular flexibility index (Phi) is 5.95. The number of para-hydroxylation sites is 1. The van der Waals surface area contributed by atoms with Crippen molar-refractivity contribution in [3.63, 3.8) is 0 Å². The lowest BCUT2D eigenvalue weighted by molar-refractivity contribution is -0.119. The fourth-order valence-corrected chi connectivity index (χ4v) is 2.28. The van der Waals surface area contributed by atoms with E-state index in [9.17, 15) is 9.59 Å². The molecule has 2 rings (SSSR count). The standard InChI is InChI=1S/C19H22N2O3/c1-3-13(2)16-6-4-5-7-17(16)21-18(22)12-24-19(23)14-8-10-15(20)11-9-14/h4-11,13H,3,12,20H2,1-2H3,(H,21,22)/t13-/m1/s1. The molecular formula is C19H22N2O3. The van der Waals surface area contributed by atoms with E-state index in [4.69, 9.17) is 10.5 Å². The van der Waals surface area contributed by atoms with Gasteiger partial charge < -0.3 is 15.8 Å². The second-order valence-corrected chi connectivity index (χ2v) is 5.64. The van der Waals surface area contributed by atoms with Gasteiger partial charge in [-0.3, -0.25) is 4.79 Å². The highest BCUT2D eigenvalue weighted by Gasteiger charge is 2.13. The predicted octanol–water partition coefficient (Wildman–Crippen LogP) is 3.58. The van der Waals surface area contributed by atoms with Gasteiger partial charge in [-0.1, -0.05) is 32.0 Å². The molecule has 0 heterocycles. The van der Waals surface area contributed by atoms with Crippen LogP contribution in [0.2, 0.25) is 0 Å². The number of nitrogen functional groups attached to an aromatic ring is 1. The fraction of sp³-hybridized carbons (Fsp3) is 0.263. The van der Waals surface area contributed by atoms with Crippen LogP contribution in [0.15, 0.2) is 48.5 Å². The molecule has 0 aliphatic heterocycles. The summed E-state index contributed by atoms with van der Waals surface area (Å²) < 4.78 is 5.04. The first-order valence-corrected chi connectivity index (χ1v) is 7.92. The normalized spacial score (nSPS) is 11.6. The van der Waals surface area contributed by atoms with Crippen molar-refractivity contribution in [2.45, 2.75) is 26.2 Å². The predicted molar refractivity (Wildman–Crippen MR) is 94.9 cm³/mol. The van der Waals surface area contributed by atoms with Gasteiger partial charge in [-0.15, -0.1) is 0 Å². The third kappa shape index (κ3) is 4.59. The molecule has 0 radical (unpaired) electrons. The van der Waals surface area contributed by atoms with Crippen LogP contribution in [0.4, 0.5) is 11.4 Å². The Morgan fingerprint density at radius 1 is 1.12 bits per heavy atom. The molecule has 2 aromatic rings. The second-order valence-electron chi connectivity index (χ2n) is 5.64. The summed E-state index contributed by atoms with van der Waals surface area (Å²) >= 11 is 0. The molecule has 3 N–H and O–H groups in total. The van der Waals surface area contributed by atoms with Gasteiger partial charge >= 0.3 is 5.97 Å². The molecule has 0 unspecified atom stereocenters. The van der Waals surface area contributed by atoms with E-state index >= 15 is 0 Å². The zero-order chi connectivity index (χ0) is 17.5. The number of esters is 1. The summed E-state index contributed by atoms with van der Waals surface area (Å²) in [5.74, 6) is -0.589. The average Bonchev–Trinajstić information content (AvgIpc) is 2.60. The topological polar surface area (TPSA) is 81.4 Å². The van der Waals surface area contributed by atoms with Crippen LogP contribution >= 0.6 is 0 Å². The van der Waals surface area contributed by atoms with Gasteiger partial charge in [0.05, 0.1) is 5.56 Å². The summed E-state index contributed by atoms with van der Waals surface area (Å²) in [6.07, 6.45) is 0.971. The number of rotatable bonds is 6.